The van der Waals surface area contributed by atoms with Crippen LogP contribution in [-0.2, 0) is 0 Å². The van der Waals surface area contributed by atoms with Crippen molar-refractivity contribution in [3.63, 3.8) is 0 Å². The Labute approximate surface area is 111 Å². The van der Waals surface area contributed by atoms with Gasteiger partial charge in [0.05, 0.1) is 11.6 Å². The molecule has 1 nitrogen and oxygen atoms in total. The van der Waals surface area contributed by atoms with Crippen LogP contribution < -0.4 is 0 Å². The van der Waals surface area contributed by atoms with E-state index < -0.39 is 5.82 Å². The summed E-state index contributed by atoms with van der Waals surface area (Å²) in [5.41, 5.74) is 2.52. The van der Waals surface area contributed by atoms with Crippen LogP contribution in [0.4, 0.5) is 10.1 Å². The molecular weight excluding hydrogens is 249 g/mol. The Morgan fingerprint density at radius 1 is 1.11 bits per heavy atom. The number of hydrogen-bond acceptors (Lipinski definition) is 0. The Morgan fingerprint density at radius 3 is 2.28 bits per heavy atom. The minimum Gasteiger partial charge on any atom is -0.238 e. The first-order valence-corrected chi connectivity index (χ1v) is 5.92. The van der Waals surface area contributed by atoms with Crippen LogP contribution >= 0.6 is 11.6 Å². The summed E-state index contributed by atoms with van der Waals surface area (Å²) in [6.07, 6.45) is 0. The van der Waals surface area contributed by atoms with E-state index in [9.17, 15) is 4.39 Å². The van der Waals surface area contributed by atoms with Gasteiger partial charge >= 0.3 is 0 Å². The second-order valence-electron chi connectivity index (χ2n) is 4.10. The molecule has 0 spiro atoms. The molecule has 3 heteroatoms. The maximum atomic E-state index is 13.4. The van der Waals surface area contributed by atoms with Crippen molar-refractivity contribution >= 4 is 17.3 Å². The third-order valence-electron chi connectivity index (χ3n) is 2.97. The van der Waals surface area contributed by atoms with Crippen LogP contribution in [0.5, 0.6) is 0 Å². The predicted molar refractivity (Wildman–Crippen MR) is 71.6 cm³/mol. The van der Waals surface area contributed by atoms with Gasteiger partial charge in [-0.25, -0.2) is 9.24 Å². The molecule has 2 rings (SSSR count). The summed E-state index contributed by atoms with van der Waals surface area (Å²) in [5.74, 6) is -0.338. The number of rotatable bonds is 2. The van der Waals surface area contributed by atoms with E-state index in [1.54, 1.807) is 18.2 Å². The van der Waals surface area contributed by atoms with Gasteiger partial charge in [-0.3, -0.25) is 0 Å². The summed E-state index contributed by atoms with van der Waals surface area (Å²) in [6, 6.07) is 12.2. The average Bonchev–Trinajstić information content (AvgIpc) is 2.41. The summed E-state index contributed by atoms with van der Waals surface area (Å²) in [6.45, 7) is 8.89. The van der Waals surface area contributed by atoms with Gasteiger partial charge in [-0.1, -0.05) is 48.9 Å². The Bertz CT molecular complexity index is 599. The van der Waals surface area contributed by atoms with E-state index in [4.69, 9.17) is 18.2 Å². The van der Waals surface area contributed by atoms with Crippen LogP contribution in [0, 0.1) is 12.4 Å². The average molecular weight is 260 g/mol. The van der Waals surface area contributed by atoms with E-state index >= 15 is 0 Å². The lowest BCUT2D eigenvalue weighted by Gasteiger charge is -2.13. The number of benzene rings is 2. The zero-order chi connectivity index (χ0) is 13.1. The van der Waals surface area contributed by atoms with Crippen molar-refractivity contribution in [2.24, 2.45) is 0 Å². The lowest BCUT2D eigenvalue weighted by molar-refractivity contribution is 0.624. The highest BCUT2D eigenvalue weighted by Crippen LogP contribution is 2.28. The second-order valence-corrected chi connectivity index (χ2v) is 4.51. The van der Waals surface area contributed by atoms with Crippen molar-refractivity contribution in [3.8, 4) is 0 Å². The van der Waals surface area contributed by atoms with Crippen LogP contribution in [0.2, 0.25) is 5.02 Å². The summed E-state index contributed by atoms with van der Waals surface area (Å²) in [7, 11) is 0. The van der Waals surface area contributed by atoms with Crippen molar-refractivity contribution < 1.29 is 4.39 Å². The van der Waals surface area contributed by atoms with Gasteiger partial charge in [-0.15, -0.1) is 0 Å². The summed E-state index contributed by atoms with van der Waals surface area (Å²) in [5, 5.41) is 0.134. The molecule has 0 saturated carbocycles. The van der Waals surface area contributed by atoms with Crippen molar-refractivity contribution in [1.82, 2.24) is 0 Å². The van der Waals surface area contributed by atoms with Crippen LogP contribution in [0.1, 0.15) is 24.0 Å². The quantitative estimate of drug-likeness (QED) is 0.655. The maximum Gasteiger partial charge on any atom is 0.187 e. The van der Waals surface area contributed by atoms with E-state index in [1.165, 1.54) is 6.07 Å². The fourth-order valence-corrected chi connectivity index (χ4v) is 1.93. The first-order valence-electron chi connectivity index (χ1n) is 5.54. The first-order chi connectivity index (χ1) is 8.61. The van der Waals surface area contributed by atoms with Crippen molar-refractivity contribution in [2.45, 2.75) is 12.8 Å². The Balaban J connectivity index is 2.32. The Kier molecular flexibility index (Phi) is 3.64. The zero-order valence-corrected chi connectivity index (χ0v) is 10.6. The van der Waals surface area contributed by atoms with E-state index in [1.807, 2.05) is 25.1 Å². The van der Waals surface area contributed by atoms with Crippen LogP contribution in [0.25, 0.3) is 4.85 Å². The monoisotopic (exact) mass is 259 g/mol. The third kappa shape index (κ3) is 2.52. The van der Waals surface area contributed by atoms with Gasteiger partial charge in [0.2, 0.25) is 0 Å². The molecule has 90 valence electrons. The van der Waals surface area contributed by atoms with E-state index in [0.29, 0.717) is 5.69 Å². The molecule has 0 amide bonds. The molecule has 0 aromatic heterocycles. The second kappa shape index (κ2) is 5.20. The van der Waals surface area contributed by atoms with Gasteiger partial charge in [0.15, 0.2) is 5.69 Å². The van der Waals surface area contributed by atoms with E-state index in [-0.39, 0.29) is 10.9 Å². The largest absolute Gasteiger partial charge is 0.238 e. The maximum absolute atomic E-state index is 13.4. The van der Waals surface area contributed by atoms with Gasteiger partial charge in [-0.05, 0) is 23.3 Å². The zero-order valence-electron chi connectivity index (χ0n) is 9.82. The molecule has 0 radical (unpaired) electrons. The summed E-state index contributed by atoms with van der Waals surface area (Å²) in [4.78, 5) is 3.34. The van der Waals surface area contributed by atoms with Gasteiger partial charge in [0.25, 0.3) is 0 Å². The molecule has 0 N–H and O–H groups in total. The highest BCUT2D eigenvalue weighted by atomic mass is 35.5. The van der Waals surface area contributed by atoms with Gasteiger partial charge in [0, 0.05) is 5.92 Å². The molecule has 0 saturated heterocycles. The fraction of sp³-hybridized carbons (Fsp3) is 0.133. The molecule has 0 aliphatic rings. The Morgan fingerprint density at radius 2 is 1.72 bits per heavy atom. The minimum atomic E-state index is -0.404. The Hall–Kier alpha value is -1.85. The van der Waals surface area contributed by atoms with Gasteiger partial charge < -0.3 is 0 Å². The van der Waals surface area contributed by atoms with Crippen LogP contribution in [0.3, 0.4) is 0 Å². The SMILES string of the molecule is [C-]#[N+]c1ccc(C(C)c2ccc(Cl)c(F)c2)cc1. The third-order valence-corrected chi connectivity index (χ3v) is 3.27. The number of hydrogen-bond donors (Lipinski definition) is 0. The van der Waals surface area contributed by atoms with Crippen molar-refractivity contribution in [3.05, 3.63) is 75.8 Å². The molecule has 0 fully saturated rings. The molecule has 18 heavy (non-hydrogen) atoms. The predicted octanol–water partition coefficient (Wildman–Crippen LogP) is 5.18. The molecule has 2 aromatic carbocycles. The summed E-state index contributed by atoms with van der Waals surface area (Å²) >= 11 is 5.66. The lowest BCUT2D eigenvalue weighted by Crippen LogP contribution is -1.96. The van der Waals surface area contributed by atoms with E-state index in [2.05, 4.69) is 4.85 Å². The van der Waals surface area contributed by atoms with Gasteiger partial charge in [0.1, 0.15) is 5.82 Å². The van der Waals surface area contributed by atoms with Crippen LogP contribution in [0.15, 0.2) is 42.5 Å². The highest BCUT2D eigenvalue weighted by Gasteiger charge is 2.10. The standard InChI is InChI=1S/C15H11ClFN/c1-10(11-3-6-13(18-2)7-4-11)12-5-8-14(16)15(17)9-12/h3-10H,1H3. The topological polar surface area (TPSA) is 4.36 Å². The molecule has 0 aliphatic heterocycles. The molecule has 0 heterocycles. The normalized spacial score (nSPS) is 11.9. The molecule has 2 aromatic rings. The summed E-state index contributed by atoms with van der Waals surface area (Å²) < 4.78 is 13.4. The first kappa shape index (κ1) is 12.6. The fourth-order valence-electron chi connectivity index (χ4n) is 1.81. The molecule has 1 unspecified atom stereocenters. The number of halogens is 2. The lowest BCUT2D eigenvalue weighted by atomic mass is 9.93. The van der Waals surface area contributed by atoms with Crippen molar-refractivity contribution in [2.75, 3.05) is 0 Å². The molecule has 0 aliphatic carbocycles. The smallest absolute Gasteiger partial charge is 0.187 e. The van der Waals surface area contributed by atoms with Crippen LogP contribution in [-0.4, -0.2) is 0 Å². The minimum absolute atomic E-state index is 0.0663. The number of nitrogens with zero attached hydrogens (tertiary/aromatic N) is 1. The molecular formula is C15H11ClFN. The molecule has 1 atom stereocenters. The molecule has 0 bridgehead atoms. The van der Waals surface area contributed by atoms with Crippen molar-refractivity contribution in [1.29, 1.82) is 0 Å². The highest BCUT2D eigenvalue weighted by molar-refractivity contribution is 6.30. The van der Waals surface area contributed by atoms with Gasteiger partial charge in [-0.2, -0.15) is 0 Å². The van der Waals surface area contributed by atoms with E-state index in [0.717, 1.165) is 11.1 Å².